The SMILES string of the molecule is COc1ccc(/C=C2\CC(C)Cc3c2nc2ccccc2c3C(=O)OCc2nnc(-c3ccc(Cl)cc3)o2)cc1. The number of para-hydroxylation sites is 1. The lowest BCUT2D eigenvalue weighted by atomic mass is 9.80. The molecule has 0 aliphatic heterocycles. The Hall–Kier alpha value is -4.49. The Morgan fingerprint density at radius 1 is 1.02 bits per heavy atom. The van der Waals surface area contributed by atoms with Crippen molar-refractivity contribution in [3.8, 4) is 17.2 Å². The third-order valence-electron chi connectivity index (χ3n) is 6.96. The number of aromatic nitrogens is 3. The van der Waals surface area contributed by atoms with Gasteiger partial charge in [0.15, 0.2) is 6.61 Å². The van der Waals surface area contributed by atoms with E-state index in [-0.39, 0.29) is 12.5 Å². The number of halogens is 1. The highest BCUT2D eigenvalue weighted by atomic mass is 35.5. The zero-order chi connectivity index (χ0) is 27.6. The van der Waals surface area contributed by atoms with Crippen LogP contribution in [0.5, 0.6) is 5.75 Å². The maximum absolute atomic E-state index is 13.7. The highest BCUT2D eigenvalue weighted by molar-refractivity contribution is 6.30. The maximum atomic E-state index is 13.7. The van der Waals surface area contributed by atoms with Crippen LogP contribution >= 0.6 is 11.6 Å². The van der Waals surface area contributed by atoms with Gasteiger partial charge in [0, 0.05) is 16.0 Å². The third-order valence-corrected chi connectivity index (χ3v) is 7.22. The molecule has 5 aromatic rings. The van der Waals surface area contributed by atoms with Crippen LogP contribution in [0.15, 0.2) is 77.2 Å². The third kappa shape index (κ3) is 5.20. The minimum Gasteiger partial charge on any atom is -0.497 e. The quantitative estimate of drug-likeness (QED) is 0.203. The van der Waals surface area contributed by atoms with E-state index in [1.54, 1.807) is 31.4 Å². The average Bonchev–Trinajstić information content (AvgIpc) is 3.45. The number of carbonyl (C=O) groups is 1. The van der Waals surface area contributed by atoms with Gasteiger partial charge in [0.05, 0.1) is 23.9 Å². The molecule has 1 aliphatic carbocycles. The Kier molecular flexibility index (Phi) is 7.05. The van der Waals surface area contributed by atoms with Gasteiger partial charge in [-0.25, -0.2) is 9.78 Å². The van der Waals surface area contributed by atoms with Crippen LogP contribution in [-0.4, -0.2) is 28.3 Å². The van der Waals surface area contributed by atoms with Crippen molar-refractivity contribution in [3.63, 3.8) is 0 Å². The Morgan fingerprint density at radius 3 is 2.58 bits per heavy atom. The number of hydrogen-bond donors (Lipinski definition) is 0. The van der Waals surface area contributed by atoms with E-state index in [0.717, 1.165) is 57.5 Å². The Bertz CT molecular complexity index is 1730. The molecule has 40 heavy (non-hydrogen) atoms. The van der Waals surface area contributed by atoms with Gasteiger partial charge in [-0.3, -0.25) is 0 Å². The van der Waals surface area contributed by atoms with E-state index in [2.05, 4.69) is 23.2 Å². The zero-order valence-electron chi connectivity index (χ0n) is 22.1. The second kappa shape index (κ2) is 10.9. The van der Waals surface area contributed by atoms with Gasteiger partial charge < -0.3 is 13.9 Å². The van der Waals surface area contributed by atoms with Gasteiger partial charge in [0.1, 0.15) is 5.75 Å². The summed E-state index contributed by atoms with van der Waals surface area (Å²) in [6, 6.07) is 22.6. The average molecular weight is 552 g/mol. The van der Waals surface area contributed by atoms with Gasteiger partial charge in [-0.1, -0.05) is 48.9 Å². The minimum atomic E-state index is -0.445. The molecule has 2 heterocycles. The Balaban J connectivity index is 1.34. The van der Waals surface area contributed by atoms with Gasteiger partial charge in [0.25, 0.3) is 5.89 Å². The molecule has 2 aromatic heterocycles. The van der Waals surface area contributed by atoms with Gasteiger partial charge in [-0.05, 0) is 84.0 Å². The molecule has 0 saturated heterocycles. The Morgan fingerprint density at radius 2 is 1.80 bits per heavy atom. The number of fused-ring (bicyclic) bond motifs is 2. The summed E-state index contributed by atoms with van der Waals surface area (Å²) in [7, 11) is 1.65. The number of pyridine rings is 1. The molecule has 7 nitrogen and oxygen atoms in total. The molecule has 0 fully saturated rings. The molecule has 8 heteroatoms. The molecular weight excluding hydrogens is 526 g/mol. The monoisotopic (exact) mass is 551 g/mol. The first-order valence-corrected chi connectivity index (χ1v) is 13.4. The highest BCUT2D eigenvalue weighted by Gasteiger charge is 2.29. The molecule has 1 atom stereocenters. The summed E-state index contributed by atoms with van der Waals surface area (Å²) in [4.78, 5) is 18.7. The normalized spacial score (nSPS) is 15.7. The predicted octanol–water partition coefficient (Wildman–Crippen LogP) is 7.43. The zero-order valence-corrected chi connectivity index (χ0v) is 22.8. The van der Waals surface area contributed by atoms with Crippen LogP contribution in [0, 0.1) is 5.92 Å². The lowest BCUT2D eigenvalue weighted by Crippen LogP contribution is -2.19. The lowest BCUT2D eigenvalue weighted by molar-refractivity contribution is 0.0439. The number of rotatable bonds is 6. The van der Waals surface area contributed by atoms with E-state index in [1.165, 1.54) is 0 Å². The summed E-state index contributed by atoms with van der Waals surface area (Å²) < 4.78 is 16.8. The number of ether oxygens (including phenoxy) is 2. The van der Waals surface area contributed by atoms with Crippen molar-refractivity contribution in [2.75, 3.05) is 7.11 Å². The topological polar surface area (TPSA) is 87.3 Å². The second-order valence-corrected chi connectivity index (χ2v) is 10.3. The van der Waals surface area contributed by atoms with Crippen molar-refractivity contribution in [2.24, 2.45) is 5.92 Å². The summed E-state index contributed by atoms with van der Waals surface area (Å²) in [6.45, 7) is 2.04. The van der Waals surface area contributed by atoms with E-state index >= 15 is 0 Å². The first kappa shape index (κ1) is 25.8. The standard InChI is InChI=1S/C32H26ClN3O4/c1-19-15-22(17-20-7-13-24(38-2)14-8-20)30-26(16-19)29(25-5-3-4-6-27(25)34-30)32(37)39-18-28-35-36-31(40-28)21-9-11-23(33)12-10-21/h3-14,17,19H,15-16,18H2,1-2H3/b22-17+. The summed E-state index contributed by atoms with van der Waals surface area (Å²) >= 11 is 5.97. The number of esters is 1. The number of benzene rings is 3. The van der Waals surface area contributed by atoms with Crippen molar-refractivity contribution in [1.29, 1.82) is 0 Å². The molecule has 0 N–H and O–H groups in total. The van der Waals surface area contributed by atoms with Crippen molar-refractivity contribution in [3.05, 3.63) is 106 Å². The van der Waals surface area contributed by atoms with Crippen molar-refractivity contribution >= 4 is 40.1 Å². The molecule has 0 radical (unpaired) electrons. The van der Waals surface area contributed by atoms with E-state index < -0.39 is 5.97 Å². The van der Waals surface area contributed by atoms with Crippen molar-refractivity contribution in [2.45, 2.75) is 26.4 Å². The first-order chi connectivity index (χ1) is 19.5. The summed E-state index contributed by atoms with van der Waals surface area (Å²) in [5, 5.41) is 9.51. The molecular formula is C32H26ClN3O4. The maximum Gasteiger partial charge on any atom is 0.339 e. The van der Waals surface area contributed by atoms with Gasteiger partial charge in [-0.2, -0.15) is 0 Å². The largest absolute Gasteiger partial charge is 0.497 e. The van der Waals surface area contributed by atoms with Crippen molar-refractivity contribution in [1.82, 2.24) is 15.2 Å². The van der Waals surface area contributed by atoms with Crippen LogP contribution in [0.1, 0.15) is 46.4 Å². The highest BCUT2D eigenvalue weighted by Crippen LogP contribution is 2.39. The van der Waals surface area contributed by atoms with Gasteiger partial charge in [-0.15, -0.1) is 10.2 Å². The summed E-state index contributed by atoms with van der Waals surface area (Å²) in [5.74, 6) is 1.22. The van der Waals surface area contributed by atoms with Gasteiger partial charge >= 0.3 is 5.97 Å². The molecule has 6 rings (SSSR count). The first-order valence-electron chi connectivity index (χ1n) is 13.0. The van der Waals surface area contributed by atoms with Crippen LogP contribution in [0.4, 0.5) is 0 Å². The van der Waals surface area contributed by atoms with Gasteiger partial charge in [0.2, 0.25) is 5.89 Å². The van der Waals surface area contributed by atoms with Crippen LogP contribution < -0.4 is 4.74 Å². The predicted molar refractivity (Wildman–Crippen MR) is 154 cm³/mol. The minimum absolute atomic E-state index is 0.144. The van der Waals surface area contributed by atoms with Crippen LogP contribution in [0.2, 0.25) is 5.02 Å². The fourth-order valence-corrected chi connectivity index (χ4v) is 5.22. The smallest absolute Gasteiger partial charge is 0.339 e. The number of allylic oxidation sites excluding steroid dienone is 1. The molecule has 0 saturated carbocycles. The van der Waals surface area contributed by atoms with E-state index in [1.807, 2.05) is 48.5 Å². The number of carbonyl (C=O) groups excluding carboxylic acids is 1. The molecule has 1 aliphatic rings. The molecule has 200 valence electrons. The fraction of sp³-hybridized carbons (Fsp3) is 0.188. The van der Waals surface area contributed by atoms with E-state index in [4.69, 9.17) is 30.5 Å². The Labute approximate surface area is 236 Å². The number of nitrogens with zero attached hydrogens (tertiary/aromatic N) is 3. The number of hydrogen-bond acceptors (Lipinski definition) is 7. The van der Waals surface area contributed by atoms with Crippen LogP contribution in [0.3, 0.4) is 0 Å². The molecule has 0 bridgehead atoms. The van der Waals surface area contributed by atoms with E-state index in [0.29, 0.717) is 22.4 Å². The molecule has 0 amide bonds. The summed E-state index contributed by atoms with van der Waals surface area (Å²) in [6.07, 6.45) is 3.72. The van der Waals surface area contributed by atoms with Crippen LogP contribution in [-0.2, 0) is 17.8 Å². The lowest BCUT2D eigenvalue weighted by Gasteiger charge is -2.26. The fourth-order valence-electron chi connectivity index (χ4n) is 5.09. The second-order valence-electron chi connectivity index (χ2n) is 9.87. The van der Waals surface area contributed by atoms with Crippen molar-refractivity contribution < 1.29 is 18.7 Å². The van der Waals surface area contributed by atoms with Crippen LogP contribution in [0.25, 0.3) is 34.0 Å². The number of methoxy groups -OCH3 is 1. The van der Waals surface area contributed by atoms with E-state index in [9.17, 15) is 4.79 Å². The molecule has 3 aromatic carbocycles. The molecule has 0 spiro atoms. The summed E-state index contributed by atoms with van der Waals surface area (Å²) in [5.41, 5.74) is 5.87. The molecule has 1 unspecified atom stereocenters.